The Morgan fingerprint density at radius 2 is 1.89 bits per heavy atom. The minimum atomic E-state index is 0.579. The summed E-state index contributed by atoms with van der Waals surface area (Å²) in [6, 6.07) is 0.579. The predicted molar refractivity (Wildman–Crippen MR) is 68.9 cm³/mol. The fraction of sp³-hybridized carbons (Fsp3) is 0.538. The standard InChI is InChI=1S/C13H19N5/c1-2-8-18(10-13-16-6-7-17-13)11(3-1)9-12-14-4-5-15-12/h4-7,11H,1-3,8-10H2,(H,14,15)(H,16,17). The van der Waals surface area contributed by atoms with Crippen LogP contribution < -0.4 is 0 Å². The third kappa shape index (κ3) is 2.61. The zero-order valence-corrected chi connectivity index (χ0v) is 10.5. The molecule has 0 amide bonds. The zero-order valence-electron chi connectivity index (χ0n) is 10.5. The summed E-state index contributed by atoms with van der Waals surface area (Å²) in [5, 5.41) is 0. The lowest BCUT2D eigenvalue weighted by molar-refractivity contribution is 0.134. The molecule has 0 aliphatic carbocycles. The van der Waals surface area contributed by atoms with Crippen LogP contribution in [0.5, 0.6) is 0 Å². The SMILES string of the molecule is c1c[nH]c(CC2CCCCN2Cc2ncc[nH]2)n1. The van der Waals surface area contributed by atoms with Crippen molar-refractivity contribution < 1.29 is 0 Å². The third-order valence-corrected chi connectivity index (χ3v) is 3.64. The van der Waals surface area contributed by atoms with Crippen molar-refractivity contribution in [2.24, 2.45) is 0 Å². The molecule has 5 heteroatoms. The Bertz CT molecular complexity index is 403. The van der Waals surface area contributed by atoms with E-state index in [2.05, 4.69) is 24.8 Å². The first-order valence-electron chi connectivity index (χ1n) is 6.62. The van der Waals surface area contributed by atoms with Gasteiger partial charge in [-0.2, -0.15) is 0 Å². The molecule has 2 N–H and O–H groups in total. The molecule has 1 fully saturated rings. The first-order chi connectivity index (χ1) is 8.92. The lowest BCUT2D eigenvalue weighted by Crippen LogP contribution is -2.40. The maximum absolute atomic E-state index is 4.34. The highest BCUT2D eigenvalue weighted by molar-refractivity contribution is 4.95. The summed E-state index contributed by atoms with van der Waals surface area (Å²) < 4.78 is 0. The molecule has 1 aliphatic heterocycles. The second-order valence-electron chi connectivity index (χ2n) is 4.90. The Balaban J connectivity index is 1.66. The Morgan fingerprint density at radius 3 is 2.61 bits per heavy atom. The van der Waals surface area contributed by atoms with Crippen LogP contribution in [-0.2, 0) is 13.0 Å². The first kappa shape index (κ1) is 11.5. The van der Waals surface area contributed by atoms with E-state index in [0.717, 1.165) is 31.2 Å². The van der Waals surface area contributed by atoms with Gasteiger partial charge in [0.05, 0.1) is 6.54 Å². The highest BCUT2D eigenvalue weighted by atomic mass is 15.2. The third-order valence-electron chi connectivity index (χ3n) is 3.64. The van der Waals surface area contributed by atoms with E-state index in [0.29, 0.717) is 6.04 Å². The molecular weight excluding hydrogens is 226 g/mol. The monoisotopic (exact) mass is 245 g/mol. The first-order valence-corrected chi connectivity index (χ1v) is 6.62. The minimum absolute atomic E-state index is 0.579. The van der Waals surface area contributed by atoms with Gasteiger partial charge in [-0.25, -0.2) is 9.97 Å². The minimum Gasteiger partial charge on any atom is -0.349 e. The van der Waals surface area contributed by atoms with E-state index in [9.17, 15) is 0 Å². The van der Waals surface area contributed by atoms with Crippen LogP contribution in [0.15, 0.2) is 24.8 Å². The van der Waals surface area contributed by atoms with Gasteiger partial charge in [0.1, 0.15) is 11.6 Å². The van der Waals surface area contributed by atoms with Gasteiger partial charge >= 0.3 is 0 Å². The average molecular weight is 245 g/mol. The topological polar surface area (TPSA) is 60.6 Å². The summed E-state index contributed by atoms with van der Waals surface area (Å²) in [5.41, 5.74) is 0. The molecule has 2 aromatic heterocycles. The predicted octanol–water partition coefficient (Wildman–Crippen LogP) is 1.73. The number of nitrogens with zero attached hydrogens (tertiary/aromatic N) is 3. The smallest absolute Gasteiger partial charge is 0.120 e. The molecule has 5 nitrogen and oxygen atoms in total. The highest BCUT2D eigenvalue weighted by Gasteiger charge is 2.23. The number of imidazole rings is 2. The lowest BCUT2D eigenvalue weighted by Gasteiger charge is -2.34. The van der Waals surface area contributed by atoms with Gasteiger partial charge in [-0.1, -0.05) is 6.42 Å². The number of rotatable bonds is 4. The molecule has 0 radical (unpaired) electrons. The van der Waals surface area contributed by atoms with E-state index in [1.807, 2.05) is 24.8 Å². The van der Waals surface area contributed by atoms with Crippen molar-refractivity contribution in [2.45, 2.75) is 38.3 Å². The van der Waals surface area contributed by atoms with Crippen molar-refractivity contribution in [1.82, 2.24) is 24.8 Å². The Hall–Kier alpha value is -1.62. The van der Waals surface area contributed by atoms with E-state index >= 15 is 0 Å². The molecule has 1 saturated heterocycles. The van der Waals surface area contributed by atoms with Crippen LogP contribution in [0.25, 0.3) is 0 Å². The summed E-state index contributed by atoms with van der Waals surface area (Å²) in [6.07, 6.45) is 12.3. The molecule has 3 heterocycles. The average Bonchev–Trinajstić information content (AvgIpc) is 3.05. The van der Waals surface area contributed by atoms with E-state index in [4.69, 9.17) is 0 Å². The molecule has 0 bridgehead atoms. The van der Waals surface area contributed by atoms with Gasteiger partial charge in [-0.15, -0.1) is 0 Å². The van der Waals surface area contributed by atoms with Crippen LogP contribution in [0, 0.1) is 0 Å². The fourth-order valence-electron chi connectivity index (χ4n) is 2.71. The molecule has 0 saturated carbocycles. The van der Waals surface area contributed by atoms with Gasteiger partial charge in [0.25, 0.3) is 0 Å². The molecule has 1 atom stereocenters. The van der Waals surface area contributed by atoms with Crippen molar-refractivity contribution in [3.05, 3.63) is 36.4 Å². The van der Waals surface area contributed by atoms with Crippen LogP contribution in [0.1, 0.15) is 30.9 Å². The van der Waals surface area contributed by atoms with Gasteiger partial charge in [0.2, 0.25) is 0 Å². The number of hydrogen-bond donors (Lipinski definition) is 2. The molecule has 0 spiro atoms. The molecule has 2 aromatic rings. The van der Waals surface area contributed by atoms with E-state index in [1.54, 1.807) is 0 Å². The number of H-pyrrole nitrogens is 2. The van der Waals surface area contributed by atoms with E-state index in [1.165, 1.54) is 19.3 Å². The van der Waals surface area contributed by atoms with Crippen molar-refractivity contribution in [2.75, 3.05) is 6.54 Å². The quantitative estimate of drug-likeness (QED) is 0.862. The second kappa shape index (κ2) is 5.35. The van der Waals surface area contributed by atoms with Crippen molar-refractivity contribution in [3.63, 3.8) is 0 Å². The maximum atomic E-state index is 4.34. The largest absolute Gasteiger partial charge is 0.349 e. The van der Waals surface area contributed by atoms with Gasteiger partial charge in [-0.05, 0) is 19.4 Å². The molecule has 18 heavy (non-hydrogen) atoms. The molecule has 3 rings (SSSR count). The normalized spacial score (nSPS) is 21.2. The Kier molecular flexibility index (Phi) is 3.41. The summed E-state index contributed by atoms with van der Waals surface area (Å²) in [5.74, 6) is 2.15. The van der Waals surface area contributed by atoms with Crippen LogP contribution in [0.4, 0.5) is 0 Å². The lowest BCUT2D eigenvalue weighted by atomic mass is 9.99. The summed E-state index contributed by atoms with van der Waals surface area (Å²) in [4.78, 5) is 17.6. The van der Waals surface area contributed by atoms with Gasteiger partial charge in [-0.3, -0.25) is 4.90 Å². The Labute approximate surface area is 107 Å². The van der Waals surface area contributed by atoms with Gasteiger partial charge in [0.15, 0.2) is 0 Å². The van der Waals surface area contributed by atoms with Crippen molar-refractivity contribution >= 4 is 0 Å². The fourth-order valence-corrected chi connectivity index (χ4v) is 2.71. The van der Waals surface area contributed by atoms with E-state index < -0.39 is 0 Å². The molecule has 96 valence electrons. The number of likely N-dealkylation sites (tertiary alicyclic amines) is 1. The van der Waals surface area contributed by atoms with Crippen molar-refractivity contribution in [3.8, 4) is 0 Å². The second-order valence-corrected chi connectivity index (χ2v) is 4.90. The van der Waals surface area contributed by atoms with E-state index in [-0.39, 0.29) is 0 Å². The number of nitrogens with one attached hydrogen (secondary N) is 2. The van der Waals surface area contributed by atoms with Gasteiger partial charge in [0, 0.05) is 37.3 Å². The number of hydrogen-bond acceptors (Lipinski definition) is 3. The van der Waals surface area contributed by atoms with Gasteiger partial charge < -0.3 is 9.97 Å². The summed E-state index contributed by atoms with van der Waals surface area (Å²) in [7, 11) is 0. The number of piperidine rings is 1. The van der Waals surface area contributed by atoms with Crippen LogP contribution in [0.3, 0.4) is 0 Å². The van der Waals surface area contributed by atoms with Crippen LogP contribution in [0.2, 0.25) is 0 Å². The molecule has 1 unspecified atom stereocenters. The summed E-state index contributed by atoms with van der Waals surface area (Å²) >= 11 is 0. The number of aromatic amines is 2. The molecule has 0 aromatic carbocycles. The maximum Gasteiger partial charge on any atom is 0.120 e. The molecular formula is C13H19N5. The van der Waals surface area contributed by atoms with Crippen LogP contribution in [-0.4, -0.2) is 37.4 Å². The zero-order chi connectivity index (χ0) is 12.2. The molecule has 1 aliphatic rings. The highest BCUT2D eigenvalue weighted by Crippen LogP contribution is 2.21. The van der Waals surface area contributed by atoms with Crippen LogP contribution >= 0.6 is 0 Å². The number of aromatic nitrogens is 4. The Morgan fingerprint density at radius 1 is 1.11 bits per heavy atom. The van der Waals surface area contributed by atoms with Crippen molar-refractivity contribution in [1.29, 1.82) is 0 Å². The summed E-state index contributed by atoms with van der Waals surface area (Å²) in [6.45, 7) is 2.07.